The van der Waals surface area contributed by atoms with Crippen LogP contribution in [-0.2, 0) is 4.79 Å². The van der Waals surface area contributed by atoms with E-state index in [2.05, 4.69) is 11.9 Å². The normalized spacial score (nSPS) is 9.40. The number of nitrogens with one attached hydrogen (secondary N) is 1. The lowest BCUT2D eigenvalue weighted by atomic mass is 10.2. The second-order valence-corrected chi connectivity index (χ2v) is 2.75. The minimum absolute atomic E-state index is 0.267. The smallest absolute Gasteiger partial charge is 0.251 e. The third kappa shape index (κ3) is 2.63. The van der Waals surface area contributed by atoms with E-state index in [9.17, 15) is 14.0 Å². The van der Waals surface area contributed by atoms with Crippen LogP contribution in [0.25, 0.3) is 0 Å². The van der Waals surface area contributed by atoms with Gasteiger partial charge in [-0.1, -0.05) is 6.58 Å². The number of carbonyl (C=O) groups excluding carboxylic acids is 2. The van der Waals surface area contributed by atoms with Gasteiger partial charge in [-0.25, -0.2) is 4.39 Å². The monoisotopic (exact) mass is 208 g/mol. The molecule has 0 spiro atoms. The minimum Gasteiger partial charge on any atom is -0.366 e. The molecule has 0 atom stereocenters. The number of anilines is 1. The zero-order chi connectivity index (χ0) is 11.4. The summed E-state index contributed by atoms with van der Waals surface area (Å²) in [5, 5.41) is 2.38. The van der Waals surface area contributed by atoms with Gasteiger partial charge in [-0.05, 0) is 24.3 Å². The summed E-state index contributed by atoms with van der Waals surface area (Å²) in [4.78, 5) is 21.7. The Morgan fingerprint density at radius 3 is 2.67 bits per heavy atom. The number of hydrogen-bond donors (Lipinski definition) is 2. The van der Waals surface area contributed by atoms with E-state index in [4.69, 9.17) is 5.73 Å². The van der Waals surface area contributed by atoms with Gasteiger partial charge in [0, 0.05) is 5.69 Å². The maximum absolute atomic E-state index is 13.0. The second-order valence-electron chi connectivity index (χ2n) is 2.75. The Morgan fingerprint density at radius 1 is 1.47 bits per heavy atom. The summed E-state index contributed by atoms with van der Waals surface area (Å²) in [6, 6.07) is 3.54. The molecule has 0 aliphatic rings. The van der Waals surface area contributed by atoms with Crippen molar-refractivity contribution in [2.75, 3.05) is 5.32 Å². The van der Waals surface area contributed by atoms with Crippen LogP contribution >= 0.6 is 0 Å². The Kier molecular flexibility index (Phi) is 3.17. The topological polar surface area (TPSA) is 72.2 Å². The van der Waals surface area contributed by atoms with Crippen LogP contribution in [0.5, 0.6) is 0 Å². The van der Waals surface area contributed by atoms with Crippen molar-refractivity contribution in [3.8, 4) is 0 Å². The molecular weight excluding hydrogens is 199 g/mol. The molecule has 15 heavy (non-hydrogen) atoms. The minimum atomic E-state index is -0.887. The summed E-state index contributed by atoms with van der Waals surface area (Å²) < 4.78 is 13.0. The maximum Gasteiger partial charge on any atom is 0.251 e. The first kappa shape index (κ1) is 10.9. The standard InChI is InChI=1S/C10H9FN2O2/c1-2-9(14)13-6-3-4-8(11)7(5-6)10(12)15/h2-5H,1H2,(H2,12,15)(H,13,14). The maximum atomic E-state index is 13.0. The van der Waals surface area contributed by atoms with Gasteiger partial charge in [0.05, 0.1) is 5.56 Å². The molecule has 0 aliphatic carbocycles. The highest BCUT2D eigenvalue weighted by molar-refractivity contribution is 6.00. The predicted octanol–water partition coefficient (Wildman–Crippen LogP) is 1.05. The van der Waals surface area contributed by atoms with Crippen molar-refractivity contribution >= 4 is 17.5 Å². The van der Waals surface area contributed by atoms with Crippen molar-refractivity contribution in [2.45, 2.75) is 0 Å². The summed E-state index contributed by atoms with van der Waals surface area (Å²) >= 11 is 0. The zero-order valence-corrected chi connectivity index (χ0v) is 7.79. The number of nitrogens with two attached hydrogens (primary N) is 1. The molecule has 0 radical (unpaired) electrons. The number of primary amides is 1. The first-order valence-electron chi connectivity index (χ1n) is 4.07. The molecule has 1 aromatic carbocycles. The van der Waals surface area contributed by atoms with Crippen LogP contribution in [-0.4, -0.2) is 11.8 Å². The van der Waals surface area contributed by atoms with Crippen LogP contribution in [0.2, 0.25) is 0 Å². The van der Waals surface area contributed by atoms with E-state index >= 15 is 0 Å². The molecule has 0 saturated carbocycles. The SMILES string of the molecule is C=CC(=O)Nc1ccc(F)c(C(N)=O)c1. The first-order valence-corrected chi connectivity index (χ1v) is 4.07. The fourth-order valence-electron chi connectivity index (χ4n) is 0.985. The van der Waals surface area contributed by atoms with Crippen LogP contribution < -0.4 is 11.1 Å². The third-order valence-electron chi connectivity index (χ3n) is 1.68. The van der Waals surface area contributed by atoms with Gasteiger partial charge in [-0.2, -0.15) is 0 Å². The number of halogens is 1. The van der Waals surface area contributed by atoms with E-state index in [0.717, 1.165) is 12.1 Å². The van der Waals surface area contributed by atoms with Gasteiger partial charge in [-0.3, -0.25) is 9.59 Å². The Bertz CT molecular complexity index is 429. The predicted molar refractivity (Wildman–Crippen MR) is 53.7 cm³/mol. The quantitative estimate of drug-likeness (QED) is 0.728. The lowest BCUT2D eigenvalue weighted by molar-refractivity contribution is -0.111. The average molecular weight is 208 g/mol. The fraction of sp³-hybridized carbons (Fsp3) is 0. The van der Waals surface area contributed by atoms with Gasteiger partial charge in [0.1, 0.15) is 5.82 Å². The van der Waals surface area contributed by atoms with Gasteiger partial charge < -0.3 is 11.1 Å². The lowest BCUT2D eigenvalue weighted by Gasteiger charge is -2.04. The molecule has 78 valence electrons. The Balaban J connectivity index is 3.02. The van der Waals surface area contributed by atoms with Gasteiger partial charge in [0.25, 0.3) is 5.91 Å². The highest BCUT2D eigenvalue weighted by Gasteiger charge is 2.09. The number of rotatable bonds is 3. The van der Waals surface area contributed by atoms with E-state index in [1.165, 1.54) is 12.1 Å². The van der Waals surface area contributed by atoms with Crippen molar-refractivity contribution in [2.24, 2.45) is 5.73 Å². The highest BCUT2D eigenvalue weighted by atomic mass is 19.1. The Labute approximate surface area is 85.6 Å². The fourth-order valence-corrected chi connectivity index (χ4v) is 0.985. The van der Waals surface area contributed by atoms with E-state index in [0.29, 0.717) is 0 Å². The summed E-state index contributed by atoms with van der Waals surface area (Å²) in [5.41, 5.74) is 4.96. The van der Waals surface area contributed by atoms with E-state index in [1.807, 2.05) is 0 Å². The van der Waals surface area contributed by atoms with E-state index < -0.39 is 17.6 Å². The number of carbonyl (C=O) groups is 2. The van der Waals surface area contributed by atoms with Crippen molar-refractivity contribution in [3.63, 3.8) is 0 Å². The Hall–Kier alpha value is -2.17. The first-order chi connectivity index (χ1) is 7.04. The van der Waals surface area contributed by atoms with E-state index in [-0.39, 0.29) is 11.3 Å². The molecule has 0 aromatic heterocycles. The van der Waals surface area contributed by atoms with Crippen molar-refractivity contribution in [3.05, 3.63) is 42.2 Å². The molecule has 0 heterocycles. The molecule has 0 unspecified atom stereocenters. The second kappa shape index (κ2) is 4.36. The van der Waals surface area contributed by atoms with Gasteiger partial charge in [0.2, 0.25) is 5.91 Å². The molecule has 1 aromatic rings. The summed E-state index contributed by atoms with van der Waals surface area (Å²) in [5.74, 6) is -2.06. The number of hydrogen-bond acceptors (Lipinski definition) is 2. The molecule has 0 bridgehead atoms. The number of amides is 2. The van der Waals surface area contributed by atoms with Crippen LogP contribution in [0.3, 0.4) is 0 Å². The number of benzene rings is 1. The molecule has 0 fully saturated rings. The van der Waals surface area contributed by atoms with Crippen molar-refractivity contribution in [1.29, 1.82) is 0 Å². The van der Waals surface area contributed by atoms with Gasteiger partial charge >= 0.3 is 0 Å². The molecule has 5 heteroatoms. The summed E-state index contributed by atoms with van der Waals surface area (Å²) in [7, 11) is 0. The van der Waals surface area contributed by atoms with Crippen LogP contribution in [0.4, 0.5) is 10.1 Å². The largest absolute Gasteiger partial charge is 0.366 e. The average Bonchev–Trinajstić information content (AvgIpc) is 2.20. The van der Waals surface area contributed by atoms with Crippen molar-refractivity contribution < 1.29 is 14.0 Å². The molecule has 0 aliphatic heterocycles. The van der Waals surface area contributed by atoms with Crippen LogP contribution in [0, 0.1) is 5.82 Å². The lowest BCUT2D eigenvalue weighted by Crippen LogP contribution is -2.14. The highest BCUT2D eigenvalue weighted by Crippen LogP contribution is 2.14. The van der Waals surface area contributed by atoms with Gasteiger partial charge in [-0.15, -0.1) is 0 Å². The molecule has 1 rings (SSSR count). The summed E-state index contributed by atoms with van der Waals surface area (Å²) in [6.07, 6.45) is 1.06. The van der Waals surface area contributed by atoms with Crippen LogP contribution in [0.1, 0.15) is 10.4 Å². The Morgan fingerprint density at radius 2 is 2.13 bits per heavy atom. The van der Waals surface area contributed by atoms with Crippen molar-refractivity contribution in [1.82, 2.24) is 0 Å². The molecule has 3 N–H and O–H groups in total. The molecule has 2 amide bonds. The molecule has 0 saturated heterocycles. The van der Waals surface area contributed by atoms with Gasteiger partial charge in [0.15, 0.2) is 0 Å². The summed E-state index contributed by atoms with van der Waals surface area (Å²) in [6.45, 7) is 3.25. The third-order valence-corrected chi connectivity index (χ3v) is 1.68. The molecule has 4 nitrogen and oxygen atoms in total. The molecular formula is C10H9FN2O2. The van der Waals surface area contributed by atoms with Crippen LogP contribution in [0.15, 0.2) is 30.9 Å². The zero-order valence-electron chi connectivity index (χ0n) is 7.79. The van der Waals surface area contributed by atoms with E-state index in [1.54, 1.807) is 0 Å².